The summed E-state index contributed by atoms with van der Waals surface area (Å²) in [5.41, 5.74) is 0. The lowest BCUT2D eigenvalue weighted by atomic mass is 10.1. The standard InChI is InChI=1S/C11H22N2O3/c1-3-12-10(11(14)15)8-13-6-4-5-9(7-13)16-2/h9-10,12H,3-8H2,1-2H3,(H,14,15). The minimum absolute atomic E-state index is 0.254. The van der Waals surface area contributed by atoms with Gasteiger partial charge in [-0.3, -0.25) is 9.69 Å². The first-order valence-corrected chi connectivity index (χ1v) is 5.88. The molecule has 1 heterocycles. The largest absolute Gasteiger partial charge is 0.480 e. The molecule has 5 heteroatoms. The number of nitrogens with zero attached hydrogens (tertiary/aromatic N) is 1. The highest BCUT2D eigenvalue weighted by Crippen LogP contribution is 2.12. The molecule has 0 aliphatic carbocycles. The Morgan fingerprint density at radius 3 is 3.00 bits per heavy atom. The number of likely N-dealkylation sites (tertiary alicyclic amines) is 1. The molecule has 1 saturated heterocycles. The third-order valence-electron chi connectivity index (χ3n) is 2.99. The summed E-state index contributed by atoms with van der Waals surface area (Å²) < 4.78 is 5.31. The molecule has 1 aliphatic heterocycles. The zero-order chi connectivity index (χ0) is 12.0. The van der Waals surface area contributed by atoms with E-state index in [1.54, 1.807) is 7.11 Å². The molecule has 0 radical (unpaired) electrons. The van der Waals surface area contributed by atoms with Crippen LogP contribution in [0.1, 0.15) is 19.8 Å². The number of nitrogens with one attached hydrogen (secondary N) is 1. The summed E-state index contributed by atoms with van der Waals surface area (Å²) in [5, 5.41) is 12.0. The van der Waals surface area contributed by atoms with Crippen molar-refractivity contribution in [1.29, 1.82) is 0 Å². The Bertz CT molecular complexity index is 223. The molecular weight excluding hydrogens is 208 g/mol. The van der Waals surface area contributed by atoms with Crippen LogP contribution in [0.5, 0.6) is 0 Å². The lowest BCUT2D eigenvalue weighted by molar-refractivity contribution is -0.140. The summed E-state index contributed by atoms with van der Waals surface area (Å²) in [5.74, 6) is -0.776. The van der Waals surface area contributed by atoms with Gasteiger partial charge in [0.25, 0.3) is 0 Å². The number of hydrogen-bond donors (Lipinski definition) is 2. The number of methoxy groups -OCH3 is 1. The number of carboxylic acids is 1. The van der Waals surface area contributed by atoms with Crippen LogP contribution in [0.25, 0.3) is 0 Å². The summed E-state index contributed by atoms with van der Waals surface area (Å²) in [7, 11) is 1.72. The smallest absolute Gasteiger partial charge is 0.322 e. The van der Waals surface area contributed by atoms with Crippen LogP contribution in [0.4, 0.5) is 0 Å². The van der Waals surface area contributed by atoms with Gasteiger partial charge in [0, 0.05) is 20.2 Å². The van der Waals surface area contributed by atoms with Gasteiger partial charge in [-0.15, -0.1) is 0 Å². The number of carbonyl (C=O) groups is 1. The maximum Gasteiger partial charge on any atom is 0.322 e. The van der Waals surface area contributed by atoms with E-state index in [1.807, 2.05) is 6.92 Å². The van der Waals surface area contributed by atoms with Crippen LogP contribution in [-0.2, 0) is 9.53 Å². The zero-order valence-electron chi connectivity index (χ0n) is 10.1. The first-order chi connectivity index (χ1) is 7.67. The van der Waals surface area contributed by atoms with Crippen molar-refractivity contribution in [2.45, 2.75) is 31.9 Å². The van der Waals surface area contributed by atoms with Crippen molar-refractivity contribution in [3.05, 3.63) is 0 Å². The molecule has 1 fully saturated rings. The zero-order valence-corrected chi connectivity index (χ0v) is 10.1. The predicted molar refractivity (Wildman–Crippen MR) is 61.6 cm³/mol. The van der Waals surface area contributed by atoms with Crippen LogP contribution in [0.2, 0.25) is 0 Å². The molecule has 0 saturated carbocycles. The molecule has 0 aromatic rings. The minimum atomic E-state index is -0.776. The van der Waals surface area contributed by atoms with E-state index in [9.17, 15) is 4.79 Å². The molecule has 94 valence electrons. The maximum absolute atomic E-state index is 11.0. The maximum atomic E-state index is 11.0. The average molecular weight is 230 g/mol. The van der Waals surface area contributed by atoms with Crippen LogP contribution < -0.4 is 5.32 Å². The van der Waals surface area contributed by atoms with Gasteiger partial charge in [-0.05, 0) is 25.9 Å². The van der Waals surface area contributed by atoms with Gasteiger partial charge in [-0.1, -0.05) is 6.92 Å². The van der Waals surface area contributed by atoms with Crippen LogP contribution in [0.15, 0.2) is 0 Å². The van der Waals surface area contributed by atoms with Crippen LogP contribution in [-0.4, -0.2) is 61.4 Å². The summed E-state index contributed by atoms with van der Waals surface area (Å²) in [6.45, 7) is 4.96. The van der Waals surface area contributed by atoms with Crippen LogP contribution in [0, 0.1) is 0 Å². The second kappa shape index (κ2) is 6.83. The Morgan fingerprint density at radius 1 is 1.69 bits per heavy atom. The van der Waals surface area contributed by atoms with Crippen molar-refractivity contribution in [1.82, 2.24) is 10.2 Å². The van der Waals surface area contributed by atoms with Crippen LogP contribution in [0.3, 0.4) is 0 Å². The van der Waals surface area contributed by atoms with Crippen molar-refractivity contribution >= 4 is 5.97 Å². The molecule has 2 atom stereocenters. The monoisotopic (exact) mass is 230 g/mol. The molecule has 2 N–H and O–H groups in total. The van der Waals surface area contributed by atoms with Gasteiger partial charge < -0.3 is 15.2 Å². The Hall–Kier alpha value is -0.650. The minimum Gasteiger partial charge on any atom is -0.480 e. The molecule has 0 spiro atoms. The number of rotatable bonds is 6. The fourth-order valence-corrected chi connectivity index (χ4v) is 2.11. The fraction of sp³-hybridized carbons (Fsp3) is 0.909. The summed E-state index contributed by atoms with van der Waals surface area (Å²) in [6, 6.07) is -0.472. The van der Waals surface area contributed by atoms with Crippen LogP contribution >= 0.6 is 0 Å². The number of piperidine rings is 1. The predicted octanol–water partition coefficient (Wildman–Crippen LogP) is 0.160. The Balaban J connectivity index is 2.41. The number of carboxylic acid groups (broad SMARTS) is 1. The highest BCUT2D eigenvalue weighted by atomic mass is 16.5. The highest BCUT2D eigenvalue weighted by Gasteiger charge is 2.24. The van der Waals surface area contributed by atoms with Crippen molar-refractivity contribution in [3.63, 3.8) is 0 Å². The molecule has 1 aliphatic rings. The summed E-state index contributed by atoms with van der Waals surface area (Å²) in [6.07, 6.45) is 2.41. The van der Waals surface area contributed by atoms with Gasteiger partial charge in [-0.25, -0.2) is 0 Å². The highest BCUT2D eigenvalue weighted by molar-refractivity contribution is 5.73. The SMILES string of the molecule is CCNC(CN1CCCC(OC)C1)C(=O)O. The van der Waals surface area contributed by atoms with Gasteiger partial charge in [0.2, 0.25) is 0 Å². The number of hydrogen-bond acceptors (Lipinski definition) is 4. The molecule has 0 bridgehead atoms. The van der Waals surface area contributed by atoms with E-state index in [-0.39, 0.29) is 6.10 Å². The average Bonchev–Trinajstić information content (AvgIpc) is 2.28. The van der Waals surface area contributed by atoms with E-state index < -0.39 is 12.0 Å². The van der Waals surface area contributed by atoms with Crippen molar-refractivity contribution < 1.29 is 14.6 Å². The van der Waals surface area contributed by atoms with E-state index in [0.717, 1.165) is 25.9 Å². The molecular formula is C11H22N2O3. The lowest BCUT2D eigenvalue weighted by Crippen LogP contribution is -2.49. The molecule has 1 rings (SSSR count). The third-order valence-corrected chi connectivity index (χ3v) is 2.99. The normalized spacial score (nSPS) is 24.2. The number of ether oxygens (including phenoxy) is 1. The first kappa shape index (κ1) is 13.4. The van der Waals surface area contributed by atoms with Crippen molar-refractivity contribution in [3.8, 4) is 0 Å². The first-order valence-electron chi connectivity index (χ1n) is 5.88. The van der Waals surface area contributed by atoms with Gasteiger partial charge in [0.1, 0.15) is 6.04 Å². The van der Waals surface area contributed by atoms with Gasteiger partial charge in [0.05, 0.1) is 6.10 Å². The fourth-order valence-electron chi connectivity index (χ4n) is 2.11. The van der Waals surface area contributed by atoms with Gasteiger partial charge in [-0.2, -0.15) is 0 Å². The quantitative estimate of drug-likeness (QED) is 0.680. The van der Waals surface area contributed by atoms with Gasteiger partial charge >= 0.3 is 5.97 Å². The molecule has 2 unspecified atom stereocenters. The summed E-state index contributed by atoms with van der Waals surface area (Å²) in [4.78, 5) is 13.2. The van der Waals surface area contributed by atoms with E-state index in [4.69, 9.17) is 9.84 Å². The lowest BCUT2D eigenvalue weighted by Gasteiger charge is -2.33. The topological polar surface area (TPSA) is 61.8 Å². The molecule has 0 aromatic carbocycles. The van der Waals surface area contributed by atoms with Crippen molar-refractivity contribution in [2.75, 3.05) is 33.3 Å². The van der Waals surface area contributed by atoms with E-state index in [1.165, 1.54) is 0 Å². The molecule has 16 heavy (non-hydrogen) atoms. The number of aliphatic carboxylic acids is 1. The second-order valence-corrected chi connectivity index (χ2v) is 4.21. The van der Waals surface area contributed by atoms with Gasteiger partial charge in [0.15, 0.2) is 0 Å². The second-order valence-electron chi connectivity index (χ2n) is 4.21. The third kappa shape index (κ3) is 4.08. The Kier molecular flexibility index (Phi) is 5.73. The molecule has 0 amide bonds. The Morgan fingerprint density at radius 2 is 2.44 bits per heavy atom. The van der Waals surface area contributed by atoms with E-state index in [0.29, 0.717) is 13.1 Å². The van der Waals surface area contributed by atoms with E-state index >= 15 is 0 Å². The van der Waals surface area contributed by atoms with E-state index in [2.05, 4.69) is 10.2 Å². The number of likely N-dealkylation sites (N-methyl/N-ethyl adjacent to an activating group) is 1. The summed E-state index contributed by atoms with van der Waals surface area (Å²) >= 11 is 0. The Labute approximate surface area is 96.8 Å². The molecule has 0 aromatic heterocycles. The van der Waals surface area contributed by atoms with Crippen molar-refractivity contribution in [2.24, 2.45) is 0 Å². The molecule has 5 nitrogen and oxygen atoms in total.